The van der Waals surface area contributed by atoms with E-state index in [1.54, 1.807) is 18.5 Å². The highest BCUT2D eigenvalue weighted by atomic mass is 32.2. The molecule has 0 unspecified atom stereocenters. The molecule has 1 aromatic heterocycles. The molecule has 3 aromatic rings. The summed E-state index contributed by atoms with van der Waals surface area (Å²) >= 11 is 0. The molecular weight excluding hydrogens is 398 g/mol. The topological polar surface area (TPSA) is 79.4 Å². The second kappa shape index (κ2) is 9.09. The molecule has 0 aliphatic carbocycles. The summed E-state index contributed by atoms with van der Waals surface area (Å²) < 4.78 is 25.8. The Morgan fingerprint density at radius 3 is 2.20 bits per heavy atom. The van der Waals surface area contributed by atoms with Gasteiger partial charge >= 0.3 is 0 Å². The first-order valence-electron chi connectivity index (χ1n) is 9.55. The van der Waals surface area contributed by atoms with Crippen LogP contribution in [0.15, 0.2) is 67.0 Å². The molecule has 0 spiro atoms. The molecule has 6 nitrogen and oxygen atoms in total. The summed E-state index contributed by atoms with van der Waals surface area (Å²) in [4.78, 5) is 16.6. The van der Waals surface area contributed by atoms with Crippen LogP contribution in [0.4, 0.5) is 11.4 Å². The van der Waals surface area contributed by atoms with Gasteiger partial charge in [-0.15, -0.1) is 0 Å². The van der Waals surface area contributed by atoms with Crippen LogP contribution in [0.3, 0.4) is 0 Å². The number of nitrogens with one attached hydrogen (secondary N) is 1. The van der Waals surface area contributed by atoms with Crippen molar-refractivity contribution in [2.75, 3.05) is 22.4 Å². The third-order valence-corrected chi connectivity index (χ3v) is 5.83. The van der Waals surface area contributed by atoms with Crippen LogP contribution in [-0.4, -0.2) is 32.1 Å². The van der Waals surface area contributed by atoms with E-state index in [0.29, 0.717) is 11.4 Å². The van der Waals surface area contributed by atoms with Crippen molar-refractivity contribution in [2.24, 2.45) is 0 Å². The lowest BCUT2D eigenvalue weighted by molar-refractivity contribution is -0.114. The van der Waals surface area contributed by atoms with Gasteiger partial charge in [0.1, 0.15) is 6.54 Å². The summed E-state index contributed by atoms with van der Waals surface area (Å²) in [6.45, 7) is 3.48. The number of pyridine rings is 1. The SMILES string of the molecule is Cc1ccc(N(CC(=O)Nc2ccc(Cc3ccncc3)cc2)S(C)(=O)=O)c(C)c1. The number of carbonyl (C=O) groups excluding carboxylic acids is 1. The molecule has 0 aliphatic rings. The maximum absolute atomic E-state index is 12.6. The number of hydrogen-bond donors (Lipinski definition) is 1. The van der Waals surface area contributed by atoms with Crippen molar-refractivity contribution in [3.05, 3.63) is 89.2 Å². The zero-order chi connectivity index (χ0) is 21.7. The Kier molecular flexibility index (Phi) is 6.52. The van der Waals surface area contributed by atoms with Gasteiger partial charge in [-0.1, -0.05) is 29.8 Å². The van der Waals surface area contributed by atoms with Crippen molar-refractivity contribution >= 4 is 27.3 Å². The van der Waals surface area contributed by atoms with Crippen LogP contribution in [0.25, 0.3) is 0 Å². The smallest absolute Gasteiger partial charge is 0.245 e. The lowest BCUT2D eigenvalue weighted by Gasteiger charge is -2.24. The third kappa shape index (κ3) is 5.67. The molecule has 1 heterocycles. The van der Waals surface area contributed by atoms with Crippen LogP contribution in [0.5, 0.6) is 0 Å². The fourth-order valence-corrected chi connectivity index (χ4v) is 4.15. The van der Waals surface area contributed by atoms with Crippen molar-refractivity contribution in [1.29, 1.82) is 0 Å². The van der Waals surface area contributed by atoms with Crippen molar-refractivity contribution < 1.29 is 13.2 Å². The number of aryl methyl sites for hydroxylation is 2. The Labute approximate surface area is 177 Å². The Balaban J connectivity index is 1.69. The van der Waals surface area contributed by atoms with Crippen LogP contribution >= 0.6 is 0 Å². The summed E-state index contributed by atoms with van der Waals surface area (Å²) in [5.74, 6) is -0.401. The molecule has 3 rings (SSSR count). The van der Waals surface area contributed by atoms with E-state index in [9.17, 15) is 13.2 Å². The number of benzene rings is 2. The van der Waals surface area contributed by atoms with E-state index in [4.69, 9.17) is 0 Å². The number of anilines is 2. The molecule has 0 bridgehead atoms. The molecular formula is C23H25N3O3S. The highest BCUT2D eigenvalue weighted by molar-refractivity contribution is 7.92. The maximum atomic E-state index is 12.6. The Hall–Kier alpha value is -3.19. The molecule has 0 atom stereocenters. The number of aromatic nitrogens is 1. The van der Waals surface area contributed by atoms with Crippen molar-refractivity contribution in [3.8, 4) is 0 Å². The first-order chi connectivity index (χ1) is 14.2. The molecule has 1 N–H and O–H groups in total. The third-order valence-electron chi connectivity index (χ3n) is 4.70. The molecule has 2 aromatic carbocycles. The van der Waals surface area contributed by atoms with Crippen LogP contribution in [0.2, 0.25) is 0 Å². The molecule has 0 saturated heterocycles. The number of nitrogens with zero attached hydrogens (tertiary/aromatic N) is 2. The van der Waals surface area contributed by atoms with Crippen molar-refractivity contribution in [1.82, 2.24) is 4.98 Å². The molecule has 0 radical (unpaired) electrons. The van der Waals surface area contributed by atoms with Crippen molar-refractivity contribution in [2.45, 2.75) is 20.3 Å². The van der Waals surface area contributed by atoms with Crippen molar-refractivity contribution in [3.63, 3.8) is 0 Å². The van der Waals surface area contributed by atoms with Gasteiger partial charge in [0.25, 0.3) is 0 Å². The first kappa shape index (κ1) is 21.5. The Morgan fingerprint density at radius 2 is 1.60 bits per heavy atom. The van der Waals surface area contributed by atoms with E-state index in [-0.39, 0.29) is 6.54 Å². The zero-order valence-corrected chi connectivity index (χ0v) is 18.1. The largest absolute Gasteiger partial charge is 0.325 e. The highest BCUT2D eigenvalue weighted by Gasteiger charge is 2.22. The molecule has 1 amide bonds. The standard InChI is InChI=1S/C23H25N3O3S/c1-17-4-9-22(18(2)14-17)26(30(3,28)29)16-23(27)25-21-7-5-19(6-8-21)15-20-10-12-24-13-11-20/h4-14H,15-16H2,1-3H3,(H,25,27). The van der Waals surface area contributed by atoms with Crippen LogP contribution < -0.4 is 9.62 Å². The van der Waals surface area contributed by atoms with E-state index < -0.39 is 15.9 Å². The molecule has 156 valence electrons. The average molecular weight is 424 g/mol. The fraction of sp³-hybridized carbons (Fsp3) is 0.217. The molecule has 0 saturated carbocycles. The normalized spacial score (nSPS) is 11.2. The minimum atomic E-state index is -3.61. The first-order valence-corrected chi connectivity index (χ1v) is 11.4. The van der Waals surface area contributed by atoms with Gasteiger partial charge in [-0.2, -0.15) is 0 Å². The predicted molar refractivity (Wildman–Crippen MR) is 120 cm³/mol. The average Bonchev–Trinajstić information content (AvgIpc) is 2.68. The zero-order valence-electron chi connectivity index (χ0n) is 17.3. The lowest BCUT2D eigenvalue weighted by atomic mass is 10.1. The van der Waals surface area contributed by atoms with Gasteiger partial charge in [0.15, 0.2) is 0 Å². The second-order valence-corrected chi connectivity index (χ2v) is 9.24. The molecule has 30 heavy (non-hydrogen) atoms. The minimum absolute atomic E-state index is 0.290. The maximum Gasteiger partial charge on any atom is 0.245 e. The molecule has 0 aliphatic heterocycles. The number of amides is 1. The summed E-state index contributed by atoms with van der Waals surface area (Å²) in [5.41, 5.74) is 5.21. The van der Waals surface area contributed by atoms with Gasteiger partial charge in [-0.3, -0.25) is 14.1 Å². The highest BCUT2D eigenvalue weighted by Crippen LogP contribution is 2.23. The Bertz CT molecular complexity index is 1130. The number of carbonyl (C=O) groups is 1. The number of hydrogen-bond acceptors (Lipinski definition) is 4. The van der Waals surface area contributed by atoms with E-state index in [1.165, 1.54) is 0 Å². The van der Waals surface area contributed by atoms with Gasteiger partial charge in [0, 0.05) is 18.1 Å². The molecule has 0 fully saturated rings. The van der Waals surface area contributed by atoms with Gasteiger partial charge < -0.3 is 5.32 Å². The van der Waals surface area contributed by atoms with Crippen LogP contribution in [0.1, 0.15) is 22.3 Å². The predicted octanol–water partition coefficient (Wildman–Crippen LogP) is 3.69. The summed E-state index contributed by atoms with van der Waals surface area (Å²) in [6, 6.07) is 16.9. The number of sulfonamides is 1. The summed E-state index contributed by atoms with van der Waals surface area (Å²) in [5, 5.41) is 2.78. The quantitative estimate of drug-likeness (QED) is 0.629. The Morgan fingerprint density at radius 1 is 0.967 bits per heavy atom. The van der Waals surface area contributed by atoms with Crippen LogP contribution in [0, 0.1) is 13.8 Å². The second-order valence-electron chi connectivity index (χ2n) is 7.34. The molecule has 7 heteroatoms. The lowest BCUT2D eigenvalue weighted by Crippen LogP contribution is -2.37. The van der Waals surface area contributed by atoms with Gasteiger partial charge in [-0.25, -0.2) is 8.42 Å². The minimum Gasteiger partial charge on any atom is -0.325 e. The van der Waals surface area contributed by atoms with E-state index in [0.717, 1.165) is 39.2 Å². The summed E-state index contributed by atoms with van der Waals surface area (Å²) in [6.07, 6.45) is 5.39. The van der Waals surface area contributed by atoms with E-state index >= 15 is 0 Å². The monoisotopic (exact) mass is 423 g/mol. The number of rotatable bonds is 7. The van der Waals surface area contributed by atoms with Gasteiger partial charge in [0.05, 0.1) is 11.9 Å². The van der Waals surface area contributed by atoms with Gasteiger partial charge in [0.2, 0.25) is 15.9 Å². The fourth-order valence-electron chi connectivity index (χ4n) is 3.24. The van der Waals surface area contributed by atoms with Crippen LogP contribution in [-0.2, 0) is 21.2 Å². The van der Waals surface area contributed by atoms with E-state index in [1.807, 2.05) is 62.4 Å². The van der Waals surface area contributed by atoms with E-state index in [2.05, 4.69) is 10.3 Å². The summed E-state index contributed by atoms with van der Waals surface area (Å²) in [7, 11) is -3.61. The van der Waals surface area contributed by atoms with Gasteiger partial charge in [-0.05, 0) is 67.3 Å².